The lowest BCUT2D eigenvalue weighted by Gasteiger charge is -2.06. The topological polar surface area (TPSA) is 82.0 Å². The van der Waals surface area contributed by atoms with E-state index in [4.69, 9.17) is 5.73 Å². The Morgan fingerprint density at radius 3 is 3.23 bits per heavy atom. The molecule has 1 atom stereocenters. The van der Waals surface area contributed by atoms with Gasteiger partial charge in [0.05, 0.1) is 6.04 Å². The zero-order chi connectivity index (χ0) is 9.26. The van der Waals surface area contributed by atoms with Gasteiger partial charge in [0.25, 0.3) is 0 Å². The molecule has 0 bridgehead atoms. The van der Waals surface area contributed by atoms with Crippen LogP contribution in [0.25, 0.3) is 5.65 Å². The van der Waals surface area contributed by atoms with E-state index in [2.05, 4.69) is 20.3 Å². The van der Waals surface area contributed by atoms with Gasteiger partial charge in [0.15, 0.2) is 0 Å². The fourth-order valence-corrected chi connectivity index (χ4v) is 1.14. The molecular formula is C7H10N6. The lowest BCUT2D eigenvalue weighted by molar-refractivity contribution is 0.666. The van der Waals surface area contributed by atoms with Crippen LogP contribution in [0.1, 0.15) is 25.1 Å². The van der Waals surface area contributed by atoms with E-state index in [0.29, 0.717) is 5.65 Å². The van der Waals surface area contributed by atoms with Gasteiger partial charge in [0.2, 0.25) is 5.65 Å². The molecule has 1 unspecified atom stereocenters. The summed E-state index contributed by atoms with van der Waals surface area (Å²) in [5.41, 5.74) is 7.23. The van der Waals surface area contributed by atoms with Crippen molar-refractivity contribution in [3.63, 3.8) is 0 Å². The molecule has 0 radical (unpaired) electrons. The summed E-state index contributed by atoms with van der Waals surface area (Å²) in [5, 5.41) is 11.6. The number of hydrogen-bond acceptors (Lipinski definition) is 5. The Hall–Kier alpha value is -1.56. The average Bonchev–Trinajstić information content (AvgIpc) is 2.63. The lowest BCUT2D eigenvalue weighted by Crippen LogP contribution is -2.13. The van der Waals surface area contributed by atoms with E-state index in [-0.39, 0.29) is 6.04 Å². The Morgan fingerprint density at radius 2 is 2.46 bits per heavy atom. The number of fused-ring (bicyclic) bond motifs is 1. The van der Waals surface area contributed by atoms with E-state index in [9.17, 15) is 0 Å². The first-order valence-electron chi connectivity index (χ1n) is 4.09. The smallest absolute Gasteiger partial charge is 0.200 e. The molecule has 2 heterocycles. The Morgan fingerprint density at radius 1 is 1.62 bits per heavy atom. The van der Waals surface area contributed by atoms with Crippen LogP contribution in [0.3, 0.4) is 0 Å². The first kappa shape index (κ1) is 8.06. The van der Waals surface area contributed by atoms with Crippen molar-refractivity contribution >= 4 is 5.65 Å². The monoisotopic (exact) mass is 178 g/mol. The van der Waals surface area contributed by atoms with Gasteiger partial charge >= 0.3 is 0 Å². The fraction of sp³-hybridized carbons (Fsp3) is 0.429. The summed E-state index contributed by atoms with van der Waals surface area (Å²) in [5.74, 6) is 0. The molecule has 2 aromatic rings. The molecule has 0 spiro atoms. The highest BCUT2D eigenvalue weighted by atomic mass is 15.4. The summed E-state index contributed by atoms with van der Waals surface area (Å²) in [6, 6.07) is -0.102. The number of hydrogen-bond donors (Lipinski definition) is 1. The van der Waals surface area contributed by atoms with Crippen LogP contribution >= 0.6 is 0 Å². The van der Waals surface area contributed by atoms with E-state index >= 15 is 0 Å². The van der Waals surface area contributed by atoms with Gasteiger partial charge in [-0.25, -0.2) is 4.98 Å². The first-order valence-corrected chi connectivity index (χ1v) is 4.09. The average molecular weight is 178 g/mol. The highest BCUT2D eigenvalue weighted by molar-refractivity contribution is 5.41. The largest absolute Gasteiger partial charge is 0.323 e. The molecule has 13 heavy (non-hydrogen) atoms. The summed E-state index contributed by atoms with van der Waals surface area (Å²) in [6.07, 6.45) is 3.81. The second kappa shape index (κ2) is 3.06. The minimum Gasteiger partial charge on any atom is -0.323 e. The van der Waals surface area contributed by atoms with E-state index in [1.807, 2.05) is 6.92 Å². The highest BCUT2D eigenvalue weighted by Crippen LogP contribution is 2.13. The van der Waals surface area contributed by atoms with Gasteiger partial charge in [0, 0.05) is 0 Å². The minimum atomic E-state index is -0.102. The highest BCUT2D eigenvalue weighted by Gasteiger charge is 2.11. The first-order chi connectivity index (χ1) is 6.33. The maximum absolute atomic E-state index is 5.85. The van der Waals surface area contributed by atoms with Crippen LogP contribution in [0.5, 0.6) is 0 Å². The Bertz CT molecular complexity index is 408. The zero-order valence-electron chi connectivity index (χ0n) is 7.25. The second-order valence-corrected chi connectivity index (χ2v) is 2.76. The van der Waals surface area contributed by atoms with Crippen LogP contribution in [0.4, 0.5) is 0 Å². The summed E-state index contributed by atoms with van der Waals surface area (Å²) < 4.78 is 1.57. The quantitative estimate of drug-likeness (QED) is 0.696. The van der Waals surface area contributed by atoms with Gasteiger partial charge in [0.1, 0.15) is 18.3 Å². The zero-order valence-corrected chi connectivity index (χ0v) is 7.25. The van der Waals surface area contributed by atoms with Crippen LogP contribution in [0.15, 0.2) is 12.7 Å². The molecule has 68 valence electrons. The maximum Gasteiger partial charge on any atom is 0.200 e. The molecule has 0 aliphatic heterocycles. The Balaban J connectivity index is 2.60. The number of rotatable bonds is 2. The molecule has 2 N–H and O–H groups in total. The van der Waals surface area contributed by atoms with Gasteiger partial charge in [-0.15, -0.1) is 10.2 Å². The van der Waals surface area contributed by atoms with E-state index in [1.165, 1.54) is 12.7 Å². The SMILES string of the molecule is CCC(N)c1ncnn2cnnc12. The van der Waals surface area contributed by atoms with Crippen molar-refractivity contribution < 1.29 is 0 Å². The fourth-order valence-electron chi connectivity index (χ4n) is 1.14. The van der Waals surface area contributed by atoms with Crippen molar-refractivity contribution in [1.82, 2.24) is 24.8 Å². The van der Waals surface area contributed by atoms with E-state index < -0.39 is 0 Å². The van der Waals surface area contributed by atoms with Gasteiger partial charge in [-0.3, -0.25) is 0 Å². The van der Waals surface area contributed by atoms with Crippen molar-refractivity contribution in [3.05, 3.63) is 18.3 Å². The van der Waals surface area contributed by atoms with Crippen LogP contribution in [-0.4, -0.2) is 24.8 Å². The molecular weight excluding hydrogens is 168 g/mol. The molecule has 2 rings (SSSR count). The molecule has 2 aromatic heterocycles. The molecule has 0 fully saturated rings. The second-order valence-electron chi connectivity index (χ2n) is 2.76. The van der Waals surface area contributed by atoms with Crippen LogP contribution in [-0.2, 0) is 0 Å². The number of nitrogens with two attached hydrogens (primary N) is 1. The predicted octanol–water partition coefficient (Wildman–Crippen LogP) is -0.0709. The normalized spacial score (nSPS) is 13.4. The molecule has 0 saturated heterocycles. The lowest BCUT2D eigenvalue weighted by atomic mass is 10.2. The molecule has 0 aromatic carbocycles. The number of nitrogens with zero attached hydrogens (tertiary/aromatic N) is 5. The summed E-state index contributed by atoms with van der Waals surface area (Å²) in [7, 11) is 0. The molecule has 0 amide bonds. The van der Waals surface area contributed by atoms with Crippen molar-refractivity contribution in [2.24, 2.45) is 5.73 Å². The van der Waals surface area contributed by atoms with Crippen molar-refractivity contribution in [1.29, 1.82) is 0 Å². The van der Waals surface area contributed by atoms with E-state index in [0.717, 1.165) is 12.1 Å². The van der Waals surface area contributed by atoms with E-state index in [1.54, 1.807) is 4.52 Å². The Labute approximate surface area is 74.8 Å². The third-order valence-electron chi connectivity index (χ3n) is 1.92. The van der Waals surface area contributed by atoms with Crippen LogP contribution in [0.2, 0.25) is 0 Å². The summed E-state index contributed by atoms with van der Waals surface area (Å²) in [6.45, 7) is 2.00. The molecule has 6 heteroatoms. The third kappa shape index (κ3) is 1.25. The van der Waals surface area contributed by atoms with Gasteiger partial charge in [-0.1, -0.05) is 6.92 Å². The van der Waals surface area contributed by atoms with Crippen molar-refractivity contribution in [3.8, 4) is 0 Å². The van der Waals surface area contributed by atoms with Gasteiger partial charge in [-0.2, -0.15) is 9.61 Å². The standard InChI is InChI=1S/C7H10N6/c1-2-5(8)6-7-12-10-4-13(7)11-3-9-6/h3-5H,2,8H2,1H3. The Kier molecular flexibility index (Phi) is 1.90. The van der Waals surface area contributed by atoms with Gasteiger partial charge < -0.3 is 5.73 Å². The predicted molar refractivity (Wildman–Crippen MR) is 45.8 cm³/mol. The summed E-state index contributed by atoms with van der Waals surface area (Å²) >= 11 is 0. The van der Waals surface area contributed by atoms with Gasteiger partial charge in [-0.05, 0) is 6.42 Å². The minimum absolute atomic E-state index is 0.102. The molecule has 0 saturated carbocycles. The van der Waals surface area contributed by atoms with Crippen LogP contribution in [0, 0.1) is 0 Å². The number of aromatic nitrogens is 5. The summed E-state index contributed by atoms with van der Waals surface area (Å²) in [4.78, 5) is 4.09. The molecule has 0 aliphatic rings. The maximum atomic E-state index is 5.85. The third-order valence-corrected chi connectivity index (χ3v) is 1.92. The molecule has 0 aliphatic carbocycles. The van der Waals surface area contributed by atoms with Crippen LogP contribution < -0.4 is 5.73 Å². The molecule has 6 nitrogen and oxygen atoms in total. The van der Waals surface area contributed by atoms with Crippen molar-refractivity contribution in [2.45, 2.75) is 19.4 Å². The van der Waals surface area contributed by atoms with Crippen molar-refractivity contribution in [2.75, 3.05) is 0 Å².